The third kappa shape index (κ3) is 3.03. The molecule has 0 bridgehead atoms. The zero-order valence-corrected chi connectivity index (χ0v) is 7.84. The maximum absolute atomic E-state index is 10.4. The van der Waals surface area contributed by atoms with Gasteiger partial charge in [0.15, 0.2) is 0 Å². The number of carbonyl (C=O) groups excluding carboxylic acids is 1. The van der Waals surface area contributed by atoms with E-state index in [4.69, 9.17) is 9.47 Å². The molecule has 3 nitrogen and oxygen atoms in total. The van der Waals surface area contributed by atoms with Gasteiger partial charge in [-0.25, -0.2) is 0 Å². The van der Waals surface area contributed by atoms with Crippen LogP contribution >= 0.6 is 0 Å². The Morgan fingerprint density at radius 1 is 1.46 bits per heavy atom. The minimum absolute atomic E-state index is 0.108. The predicted molar refractivity (Wildman–Crippen MR) is 48.9 cm³/mol. The number of ether oxygens (including phenoxy) is 2. The quantitative estimate of drug-likeness (QED) is 0.620. The van der Waals surface area contributed by atoms with E-state index in [0.717, 1.165) is 6.29 Å². The Hall–Kier alpha value is -1.09. The van der Waals surface area contributed by atoms with Crippen molar-refractivity contribution in [2.45, 2.75) is 26.2 Å². The molecule has 0 amide bonds. The average Bonchev–Trinajstić information content (AvgIpc) is 2.18. The van der Waals surface area contributed by atoms with E-state index in [1.165, 1.54) is 0 Å². The highest BCUT2D eigenvalue weighted by molar-refractivity contribution is 5.53. The summed E-state index contributed by atoms with van der Waals surface area (Å²) in [7, 11) is 0. The number of rotatable bonds is 4. The van der Waals surface area contributed by atoms with Gasteiger partial charge in [0, 0.05) is 5.92 Å². The van der Waals surface area contributed by atoms with Crippen molar-refractivity contribution in [2.24, 2.45) is 5.92 Å². The molecular formula is C10H14O3. The van der Waals surface area contributed by atoms with Gasteiger partial charge in [0.2, 0.25) is 6.29 Å². The summed E-state index contributed by atoms with van der Waals surface area (Å²) < 4.78 is 10.6. The molecule has 0 saturated carbocycles. The number of hydrogen-bond donors (Lipinski definition) is 0. The maximum Gasteiger partial charge on any atom is 0.219 e. The minimum atomic E-state index is -0.359. The summed E-state index contributed by atoms with van der Waals surface area (Å²) in [5, 5.41) is 0. The van der Waals surface area contributed by atoms with E-state index in [2.05, 4.69) is 0 Å². The predicted octanol–water partition coefficient (Wildman–Crippen LogP) is 1.65. The van der Waals surface area contributed by atoms with Crippen LogP contribution in [-0.2, 0) is 14.3 Å². The number of allylic oxidation sites excluding steroid dienone is 2. The van der Waals surface area contributed by atoms with Crippen molar-refractivity contribution < 1.29 is 14.3 Å². The fourth-order valence-corrected chi connectivity index (χ4v) is 0.892. The number of carbonyl (C=O) groups is 1. The first kappa shape index (κ1) is 9.99. The lowest BCUT2D eigenvalue weighted by molar-refractivity contribution is -0.133. The largest absolute Gasteiger partial charge is 0.469 e. The molecule has 0 fully saturated rings. The van der Waals surface area contributed by atoms with E-state index < -0.39 is 0 Å². The molecule has 0 radical (unpaired) electrons. The van der Waals surface area contributed by atoms with Crippen molar-refractivity contribution in [2.75, 3.05) is 0 Å². The molecule has 0 aliphatic carbocycles. The fourth-order valence-electron chi connectivity index (χ4n) is 0.892. The lowest BCUT2D eigenvalue weighted by Crippen LogP contribution is -2.26. The molecule has 1 aliphatic heterocycles. The Labute approximate surface area is 78.0 Å². The first-order valence-corrected chi connectivity index (χ1v) is 4.33. The summed E-state index contributed by atoms with van der Waals surface area (Å²) in [5.41, 5.74) is 0. The smallest absolute Gasteiger partial charge is 0.219 e. The van der Waals surface area contributed by atoms with Crippen LogP contribution in [0.3, 0.4) is 0 Å². The molecule has 13 heavy (non-hydrogen) atoms. The number of aldehydes is 1. The van der Waals surface area contributed by atoms with Crippen molar-refractivity contribution >= 4 is 6.29 Å². The first-order chi connectivity index (χ1) is 6.24. The van der Waals surface area contributed by atoms with Crippen molar-refractivity contribution in [3.05, 3.63) is 24.5 Å². The third-order valence-electron chi connectivity index (χ3n) is 1.97. The van der Waals surface area contributed by atoms with Gasteiger partial charge in [0.25, 0.3) is 0 Å². The van der Waals surface area contributed by atoms with Gasteiger partial charge in [0.05, 0.1) is 12.4 Å². The van der Waals surface area contributed by atoms with Crippen LogP contribution in [0.1, 0.15) is 13.8 Å². The lowest BCUT2D eigenvalue weighted by Gasteiger charge is -2.22. The van der Waals surface area contributed by atoms with Gasteiger partial charge in [-0.15, -0.1) is 0 Å². The summed E-state index contributed by atoms with van der Waals surface area (Å²) in [6, 6.07) is 0. The molecule has 72 valence electrons. The zero-order chi connectivity index (χ0) is 9.68. The van der Waals surface area contributed by atoms with Crippen molar-refractivity contribution in [1.29, 1.82) is 0 Å². The minimum Gasteiger partial charge on any atom is -0.469 e. The lowest BCUT2D eigenvalue weighted by atomic mass is 10.1. The third-order valence-corrected chi connectivity index (χ3v) is 1.97. The molecule has 0 saturated heterocycles. The summed E-state index contributed by atoms with van der Waals surface area (Å²) in [6.45, 7) is 3.68. The van der Waals surface area contributed by atoms with Gasteiger partial charge in [-0.2, -0.15) is 0 Å². The Bertz CT molecular complexity index is 220. The van der Waals surface area contributed by atoms with Crippen molar-refractivity contribution in [3.63, 3.8) is 0 Å². The van der Waals surface area contributed by atoms with Crippen LogP contribution in [0.25, 0.3) is 0 Å². The molecule has 0 aromatic heterocycles. The highest BCUT2D eigenvalue weighted by atomic mass is 16.7. The average molecular weight is 182 g/mol. The summed E-state index contributed by atoms with van der Waals surface area (Å²) >= 11 is 0. The van der Waals surface area contributed by atoms with E-state index >= 15 is 0 Å². The second kappa shape index (κ2) is 4.82. The molecule has 1 heterocycles. The van der Waals surface area contributed by atoms with Gasteiger partial charge in [0.1, 0.15) is 6.29 Å². The second-order valence-electron chi connectivity index (χ2n) is 3.05. The standard InChI is InChI=1S/C10H14O3/c1-8(7-11)9(2)13-10-5-3-4-6-12-10/h3-10H,1-2H3/t8?,9-,10-/m0/s1. The second-order valence-corrected chi connectivity index (χ2v) is 3.05. The highest BCUT2D eigenvalue weighted by Gasteiger charge is 2.16. The zero-order valence-electron chi connectivity index (χ0n) is 7.84. The Morgan fingerprint density at radius 2 is 2.23 bits per heavy atom. The van der Waals surface area contributed by atoms with E-state index in [0.29, 0.717) is 0 Å². The van der Waals surface area contributed by atoms with E-state index in [-0.39, 0.29) is 18.3 Å². The highest BCUT2D eigenvalue weighted by Crippen LogP contribution is 2.11. The van der Waals surface area contributed by atoms with Crippen molar-refractivity contribution in [1.82, 2.24) is 0 Å². The molecule has 0 aromatic rings. The molecular weight excluding hydrogens is 168 g/mol. The number of hydrogen-bond acceptors (Lipinski definition) is 3. The molecule has 3 atom stereocenters. The maximum atomic E-state index is 10.4. The molecule has 0 aromatic carbocycles. The van der Waals surface area contributed by atoms with Crippen LogP contribution < -0.4 is 0 Å². The van der Waals surface area contributed by atoms with Gasteiger partial charge in [-0.3, -0.25) is 0 Å². The normalized spacial score (nSPS) is 24.9. The van der Waals surface area contributed by atoms with Crippen LogP contribution in [0.15, 0.2) is 24.5 Å². The monoisotopic (exact) mass is 182 g/mol. The first-order valence-electron chi connectivity index (χ1n) is 4.33. The summed E-state index contributed by atoms with van der Waals surface area (Å²) in [5.74, 6) is -0.108. The van der Waals surface area contributed by atoms with Crippen LogP contribution in [-0.4, -0.2) is 18.7 Å². The molecule has 0 spiro atoms. The topological polar surface area (TPSA) is 35.5 Å². The van der Waals surface area contributed by atoms with E-state index in [1.807, 2.05) is 19.9 Å². The summed E-state index contributed by atoms with van der Waals surface area (Å²) in [4.78, 5) is 10.4. The van der Waals surface area contributed by atoms with Crippen LogP contribution in [0.2, 0.25) is 0 Å². The van der Waals surface area contributed by atoms with Gasteiger partial charge in [-0.05, 0) is 19.1 Å². The van der Waals surface area contributed by atoms with E-state index in [1.54, 1.807) is 18.4 Å². The molecule has 3 heteroatoms. The summed E-state index contributed by atoms with van der Waals surface area (Å²) in [6.07, 6.45) is 7.41. The Morgan fingerprint density at radius 3 is 2.77 bits per heavy atom. The molecule has 1 aliphatic rings. The molecule has 0 N–H and O–H groups in total. The fraction of sp³-hybridized carbons (Fsp3) is 0.500. The Kier molecular flexibility index (Phi) is 3.71. The van der Waals surface area contributed by atoms with Gasteiger partial charge < -0.3 is 14.3 Å². The SMILES string of the molecule is CC(C=O)[C@H](C)O[C@H]1C=CC=CO1. The molecule has 1 rings (SSSR count). The van der Waals surface area contributed by atoms with Crippen molar-refractivity contribution in [3.8, 4) is 0 Å². The van der Waals surface area contributed by atoms with Gasteiger partial charge >= 0.3 is 0 Å². The van der Waals surface area contributed by atoms with Crippen LogP contribution in [0.5, 0.6) is 0 Å². The van der Waals surface area contributed by atoms with Crippen LogP contribution in [0, 0.1) is 5.92 Å². The Balaban J connectivity index is 2.35. The van der Waals surface area contributed by atoms with Gasteiger partial charge in [-0.1, -0.05) is 13.0 Å². The van der Waals surface area contributed by atoms with E-state index in [9.17, 15) is 4.79 Å². The molecule has 1 unspecified atom stereocenters. The van der Waals surface area contributed by atoms with Crippen LogP contribution in [0.4, 0.5) is 0 Å².